The molecule has 11 nitrogen and oxygen atoms in total. The fourth-order valence-corrected chi connectivity index (χ4v) is 2.35. The van der Waals surface area contributed by atoms with Crippen LogP contribution >= 0.6 is 0 Å². The molecule has 0 saturated carbocycles. The second kappa shape index (κ2) is 15.1. The summed E-state index contributed by atoms with van der Waals surface area (Å²) in [4.78, 5) is 32.2. The molecule has 6 N–H and O–H groups in total. The highest BCUT2D eigenvalue weighted by atomic mass is 16.5. The normalized spacial score (nSPS) is 12.3. The number of aromatic hydroxyl groups is 2. The highest BCUT2D eigenvalue weighted by molar-refractivity contribution is 5.89. The summed E-state index contributed by atoms with van der Waals surface area (Å²) < 4.78 is 9.35. The number of methoxy groups -OCH3 is 1. The van der Waals surface area contributed by atoms with E-state index in [4.69, 9.17) is 20.7 Å². The third-order valence-electron chi connectivity index (χ3n) is 3.94. The number of esters is 2. The van der Waals surface area contributed by atoms with Gasteiger partial charge in [0.1, 0.15) is 11.5 Å². The van der Waals surface area contributed by atoms with Crippen molar-refractivity contribution in [2.75, 3.05) is 26.8 Å². The molecule has 1 aliphatic rings. The molecule has 0 radical (unpaired) electrons. The standard InChI is InChI=1S/C10H12O3.C8H8O3.C4H10N4O/c1-2-7-13-10(12)8-3-5-9(11)6-4-8;1-11-8(10)6-2-4-7(9)5-3-6;5-4(9)7-8-3-1-2-6-8/h3-6,11H,2,7H2,1H3;2-5,9H,1H3;6H,1-3H2,(H3,5,7,9). The van der Waals surface area contributed by atoms with Gasteiger partial charge in [-0.15, -0.1) is 0 Å². The van der Waals surface area contributed by atoms with Crippen molar-refractivity contribution in [3.63, 3.8) is 0 Å². The number of phenolic OH excluding ortho intramolecular Hbond substituents is 2. The Hall–Kier alpha value is -3.83. The Balaban J connectivity index is 0.000000252. The van der Waals surface area contributed by atoms with E-state index in [0.717, 1.165) is 25.9 Å². The average Bonchev–Trinajstić information content (AvgIpc) is 3.31. The molecule has 1 heterocycles. The molecule has 0 atom stereocenters. The van der Waals surface area contributed by atoms with Crippen molar-refractivity contribution < 1.29 is 34.1 Å². The number of nitrogens with two attached hydrogens (primary N) is 1. The number of amides is 2. The summed E-state index contributed by atoms with van der Waals surface area (Å²) in [5.74, 6) is -0.462. The van der Waals surface area contributed by atoms with Gasteiger partial charge < -0.3 is 25.4 Å². The lowest BCUT2D eigenvalue weighted by atomic mass is 10.2. The predicted octanol–water partition coefficient (Wildman–Crippen LogP) is 1.92. The van der Waals surface area contributed by atoms with Crippen LogP contribution in [0.1, 0.15) is 40.5 Å². The topological polar surface area (TPSA) is 163 Å². The zero-order valence-electron chi connectivity index (χ0n) is 18.6. The van der Waals surface area contributed by atoms with Gasteiger partial charge in [-0.25, -0.2) is 19.8 Å². The number of hydrazine groups is 2. The van der Waals surface area contributed by atoms with Gasteiger partial charge in [0.05, 0.1) is 24.8 Å². The first-order valence-electron chi connectivity index (χ1n) is 10.2. The summed E-state index contributed by atoms with van der Waals surface area (Å²) in [7, 11) is 1.31. The lowest BCUT2D eigenvalue weighted by Gasteiger charge is -2.13. The number of carbonyl (C=O) groups excluding carboxylic acids is 3. The molecule has 0 aliphatic carbocycles. The number of primary amides is 1. The third kappa shape index (κ3) is 11.4. The van der Waals surface area contributed by atoms with E-state index in [0.29, 0.717) is 17.7 Å². The average molecular weight is 463 g/mol. The second-order valence-electron chi connectivity index (χ2n) is 6.61. The van der Waals surface area contributed by atoms with Crippen molar-refractivity contribution in [3.05, 3.63) is 59.7 Å². The lowest BCUT2D eigenvalue weighted by molar-refractivity contribution is 0.0504. The minimum atomic E-state index is -0.524. The Bertz CT molecular complexity index is 867. The maximum absolute atomic E-state index is 11.2. The Morgan fingerprint density at radius 3 is 1.91 bits per heavy atom. The molecule has 3 rings (SSSR count). The van der Waals surface area contributed by atoms with Gasteiger partial charge in [0, 0.05) is 13.1 Å². The summed E-state index contributed by atoms with van der Waals surface area (Å²) in [6, 6.07) is 11.3. The smallest absolute Gasteiger partial charge is 0.338 e. The van der Waals surface area contributed by atoms with Gasteiger partial charge in [-0.2, -0.15) is 5.12 Å². The van der Waals surface area contributed by atoms with Crippen LogP contribution in [-0.2, 0) is 9.47 Å². The van der Waals surface area contributed by atoms with E-state index < -0.39 is 12.0 Å². The van der Waals surface area contributed by atoms with Crippen molar-refractivity contribution >= 4 is 18.0 Å². The molecule has 11 heteroatoms. The number of ether oxygens (including phenoxy) is 2. The number of phenols is 2. The molecule has 2 aromatic carbocycles. The highest BCUT2D eigenvalue weighted by Gasteiger charge is 2.10. The van der Waals surface area contributed by atoms with Gasteiger partial charge in [0.2, 0.25) is 0 Å². The van der Waals surface area contributed by atoms with Crippen LogP contribution < -0.4 is 16.6 Å². The zero-order valence-corrected chi connectivity index (χ0v) is 18.6. The van der Waals surface area contributed by atoms with Crippen LogP contribution in [0.5, 0.6) is 11.5 Å². The van der Waals surface area contributed by atoms with Gasteiger partial charge in [-0.05, 0) is 61.4 Å². The van der Waals surface area contributed by atoms with Crippen molar-refractivity contribution in [2.45, 2.75) is 19.8 Å². The number of rotatable bonds is 5. The first-order valence-corrected chi connectivity index (χ1v) is 10.2. The number of nitrogens with one attached hydrogen (secondary N) is 2. The van der Waals surface area contributed by atoms with Crippen LogP contribution in [0.25, 0.3) is 0 Å². The van der Waals surface area contributed by atoms with Crippen LogP contribution in [0.2, 0.25) is 0 Å². The zero-order chi connectivity index (χ0) is 24.6. The summed E-state index contributed by atoms with van der Waals surface area (Å²) in [6.07, 6.45) is 1.85. The Labute approximate surface area is 192 Å². The first kappa shape index (κ1) is 27.2. The predicted molar refractivity (Wildman–Crippen MR) is 120 cm³/mol. The molecular formula is C22H30N4O7. The molecule has 0 bridgehead atoms. The summed E-state index contributed by atoms with van der Waals surface area (Å²) in [5.41, 5.74) is 11.1. The Kier molecular flexibility index (Phi) is 12.4. The SMILES string of the molecule is CCCOC(=O)c1ccc(O)cc1.COC(=O)c1ccc(O)cc1.NC(=O)NN1CCCN1. The molecule has 0 aromatic heterocycles. The second-order valence-corrected chi connectivity index (χ2v) is 6.61. The van der Waals surface area contributed by atoms with Gasteiger partial charge in [0.15, 0.2) is 0 Å². The van der Waals surface area contributed by atoms with E-state index in [-0.39, 0.29) is 17.5 Å². The number of nitrogens with zero attached hydrogens (tertiary/aromatic N) is 1. The number of carbonyl (C=O) groups is 3. The lowest BCUT2D eigenvalue weighted by Crippen LogP contribution is -2.48. The molecule has 1 fully saturated rings. The van der Waals surface area contributed by atoms with Crippen molar-refractivity contribution in [3.8, 4) is 11.5 Å². The summed E-state index contributed by atoms with van der Waals surface area (Å²) >= 11 is 0. The van der Waals surface area contributed by atoms with Crippen molar-refractivity contribution in [1.29, 1.82) is 0 Å². The monoisotopic (exact) mass is 462 g/mol. The third-order valence-corrected chi connectivity index (χ3v) is 3.94. The van der Waals surface area contributed by atoms with Gasteiger partial charge in [-0.3, -0.25) is 5.43 Å². The molecule has 0 unspecified atom stereocenters. The fourth-order valence-electron chi connectivity index (χ4n) is 2.35. The molecular weight excluding hydrogens is 432 g/mol. The van der Waals surface area contributed by atoms with Gasteiger partial charge >= 0.3 is 18.0 Å². The van der Waals surface area contributed by atoms with E-state index in [2.05, 4.69) is 15.6 Å². The largest absolute Gasteiger partial charge is 0.508 e. The molecule has 1 aliphatic heterocycles. The Morgan fingerprint density at radius 2 is 1.52 bits per heavy atom. The maximum atomic E-state index is 11.2. The van der Waals surface area contributed by atoms with Crippen LogP contribution in [0.3, 0.4) is 0 Å². The minimum Gasteiger partial charge on any atom is -0.508 e. The molecule has 2 amide bonds. The molecule has 0 spiro atoms. The summed E-state index contributed by atoms with van der Waals surface area (Å²) in [5, 5.41) is 19.4. The van der Waals surface area contributed by atoms with E-state index in [1.165, 1.54) is 55.6 Å². The van der Waals surface area contributed by atoms with E-state index in [1.54, 1.807) is 5.12 Å². The van der Waals surface area contributed by atoms with Crippen LogP contribution in [0, 0.1) is 0 Å². The number of benzene rings is 2. The van der Waals surface area contributed by atoms with Crippen molar-refractivity contribution in [2.24, 2.45) is 5.73 Å². The summed E-state index contributed by atoms with van der Waals surface area (Å²) in [6.45, 7) is 4.09. The number of hydrogen-bond donors (Lipinski definition) is 5. The van der Waals surface area contributed by atoms with E-state index in [1.807, 2.05) is 6.92 Å². The molecule has 1 saturated heterocycles. The quantitative estimate of drug-likeness (QED) is 0.418. The molecule has 2 aromatic rings. The first-order chi connectivity index (χ1) is 15.8. The fraction of sp³-hybridized carbons (Fsp3) is 0.318. The van der Waals surface area contributed by atoms with Crippen LogP contribution in [0.4, 0.5) is 4.79 Å². The van der Waals surface area contributed by atoms with Crippen molar-refractivity contribution in [1.82, 2.24) is 16.0 Å². The minimum absolute atomic E-state index is 0.137. The van der Waals surface area contributed by atoms with E-state index >= 15 is 0 Å². The van der Waals surface area contributed by atoms with Crippen LogP contribution in [0.15, 0.2) is 48.5 Å². The Morgan fingerprint density at radius 1 is 1.00 bits per heavy atom. The highest BCUT2D eigenvalue weighted by Crippen LogP contribution is 2.11. The molecule has 33 heavy (non-hydrogen) atoms. The number of hydrogen-bond acceptors (Lipinski definition) is 9. The maximum Gasteiger partial charge on any atom is 0.338 e. The van der Waals surface area contributed by atoms with E-state index in [9.17, 15) is 14.4 Å². The number of urea groups is 1. The van der Waals surface area contributed by atoms with Gasteiger partial charge in [0.25, 0.3) is 0 Å². The van der Waals surface area contributed by atoms with Gasteiger partial charge in [-0.1, -0.05) is 6.92 Å². The molecule has 180 valence electrons. The van der Waals surface area contributed by atoms with Crippen LogP contribution in [-0.4, -0.2) is 60.1 Å².